The molecule has 5 heteroatoms. The molecule has 1 saturated heterocycles. The number of piperidine rings is 1. The van der Waals surface area contributed by atoms with Gasteiger partial charge in [-0.05, 0) is 64.0 Å². The quantitative estimate of drug-likeness (QED) is 0.785. The van der Waals surface area contributed by atoms with Gasteiger partial charge in [-0.25, -0.2) is 9.97 Å². The van der Waals surface area contributed by atoms with Crippen molar-refractivity contribution in [3.63, 3.8) is 0 Å². The summed E-state index contributed by atoms with van der Waals surface area (Å²) in [6.45, 7) is 2.19. The Hall–Kier alpha value is -0.870. The van der Waals surface area contributed by atoms with Crippen LogP contribution >= 0.6 is 11.6 Å². The van der Waals surface area contributed by atoms with Crippen molar-refractivity contribution in [1.82, 2.24) is 14.9 Å². The van der Waals surface area contributed by atoms with E-state index in [-0.39, 0.29) is 0 Å². The Labute approximate surface area is 114 Å². The van der Waals surface area contributed by atoms with Crippen LogP contribution in [0.4, 0.5) is 5.82 Å². The third kappa shape index (κ3) is 3.56. The summed E-state index contributed by atoms with van der Waals surface area (Å²) in [7, 11) is 4.24. The maximum absolute atomic E-state index is 5.88. The van der Waals surface area contributed by atoms with Gasteiger partial charge < -0.3 is 9.80 Å². The lowest BCUT2D eigenvalue weighted by Crippen LogP contribution is -2.41. The zero-order chi connectivity index (χ0) is 13.0. The van der Waals surface area contributed by atoms with Crippen LogP contribution in [-0.4, -0.2) is 48.1 Å². The molecule has 1 atom stereocenters. The predicted molar refractivity (Wildman–Crippen MR) is 75.2 cm³/mol. The van der Waals surface area contributed by atoms with E-state index in [1.54, 1.807) is 6.20 Å². The van der Waals surface area contributed by atoms with Gasteiger partial charge in [-0.3, -0.25) is 0 Å². The van der Waals surface area contributed by atoms with Crippen LogP contribution < -0.4 is 4.90 Å². The predicted octanol–water partition coefficient (Wildman–Crippen LogP) is 2.44. The Morgan fingerprint density at radius 2 is 2.28 bits per heavy atom. The van der Waals surface area contributed by atoms with Gasteiger partial charge in [0.15, 0.2) is 0 Å². The first-order valence-corrected chi connectivity index (χ1v) is 6.94. The molecule has 0 unspecified atom stereocenters. The number of hydrogen-bond acceptors (Lipinski definition) is 4. The molecule has 2 rings (SSSR count). The summed E-state index contributed by atoms with van der Waals surface area (Å²) < 4.78 is 0. The topological polar surface area (TPSA) is 32.3 Å². The first kappa shape index (κ1) is 13.6. The molecule has 1 aliphatic rings. The molecule has 0 spiro atoms. The van der Waals surface area contributed by atoms with Crippen LogP contribution in [0.5, 0.6) is 0 Å². The lowest BCUT2D eigenvalue weighted by molar-refractivity contribution is 0.348. The van der Waals surface area contributed by atoms with E-state index >= 15 is 0 Å². The number of halogens is 1. The highest BCUT2D eigenvalue weighted by Gasteiger charge is 2.23. The maximum Gasteiger partial charge on any atom is 0.224 e. The Morgan fingerprint density at radius 3 is 3.00 bits per heavy atom. The van der Waals surface area contributed by atoms with E-state index in [1.165, 1.54) is 25.7 Å². The largest absolute Gasteiger partial charge is 0.353 e. The van der Waals surface area contributed by atoms with E-state index in [9.17, 15) is 0 Å². The monoisotopic (exact) mass is 268 g/mol. The second-order valence-electron chi connectivity index (χ2n) is 5.12. The van der Waals surface area contributed by atoms with E-state index in [1.807, 2.05) is 6.07 Å². The molecule has 0 amide bonds. The van der Waals surface area contributed by atoms with Gasteiger partial charge in [0, 0.05) is 18.8 Å². The molecule has 0 aromatic carbocycles. The van der Waals surface area contributed by atoms with E-state index in [2.05, 4.69) is 33.9 Å². The maximum atomic E-state index is 5.88. The fraction of sp³-hybridized carbons (Fsp3) is 0.692. The van der Waals surface area contributed by atoms with Crippen molar-refractivity contribution >= 4 is 17.4 Å². The van der Waals surface area contributed by atoms with E-state index in [0.717, 1.165) is 18.9 Å². The van der Waals surface area contributed by atoms with Crippen LogP contribution in [0.2, 0.25) is 5.28 Å². The van der Waals surface area contributed by atoms with Gasteiger partial charge in [0.25, 0.3) is 0 Å². The lowest BCUT2D eigenvalue weighted by Gasteiger charge is -2.37. The molecule has 4 nitrogen and oxygen atoms in total. The summed E-state index contributed by atoms with van der Waals surface area (Å²) in [6, 6.07) is 2.53. The van der Waals surface area contributed by atoms with Crippen molar-refractivity contribution in [3.8, 4) is 0 Å². The van der Waals surface area contributed by atoms with Gasteiger partial charge >= 0.3 is 0 Å². The highest BCUT2D eigenvalue weighted by molar-refractivity contribution is 6.28. The number of anilines is 1. The average molecular weight is 269 g/mol. The Bertz CT molecular complexity index is 383. The zero-order valence-electron chi connectivity index (χ0n) is 11.1. The first-order valence-electron chi connectivity index (χ1n) is 6.57. The molecule has 0 N–H and O–H groups in total. The Kier molecular flexibility index (Phi) is 4.78. The molecule has 100 valence electrons. The van der Waals surface area contributed by atoms with E-state index < -0.39 is 0 Å². The summed E-state index contributed by atoms with van der Waals surface area (Å²) in [5.41, 5.74) is 0. The van der Waals surface area contributed by atoms with Crippen molar-refractivity contribution in [3.05, 3.63) is 17.5 Å². The second kappa shape index (κ2) is 6.34. The zero-order valence-corrected chi connectivity index (χ0v) is 11.9. The third-order valence-corrected chi connectivity index (χ3v) is 3.62. The van der Waals surface area contributed by atoms with Crippen molar-refractivity contribution in [2.75, 3.05) is 32.1 Å². The molecule has 0 bridgehead atoms. The molecule has 0 saturated carbocycles. The molecule has 1 fully saturated rings. The van der Waals surface area contributed by atoms with E-state index in [4.69, 9.17) is 11.6 Å². The van der Waals surface area contributed by atoms with Gasteiger partial charge in [0.05, 0.1) is 0 Å². The molecule has 0 radical (unpaired) electrons. The summed E-state index contributed by atoms with van der Waals surface area (Å²) in [4.78, 5) is 12.9. The van der Waals surface area contributed by atoms with Gasteiger partial charge in [0.2, 0.25) is 5.28 Å². The lowest BCUT2D eigenvalue weighted by atomic mass is 9.99. The summed E-state index contributed by atoms with van der Waals surface area (Å²) >= 11 is 5.88. The minimum Gasteiger partial charge on any atom is -0.353 e. The van der Waals surface area contributed by atoms with Gasteiger partial charge in [-0.15, -0.1) is 0 Å². The number of hydrogen-bond donors (Lipinski definition) is 0. The normalized spacial score (nSPS) is 20.4. The van der Waals surface area contributed by atoms with Crippen LogP contribution in [0.1, 0.15) is 25.7 Å². The first-order chi connectivity index (χ1) is 8.66. The Morgan fingerprint density at radius 1 is 1.44 bits per heavy atom. The molecule has 1 aromatic rings. The SMILES string of the molecule is CN(C)CC[C@H]1CCCCN1c1ccnc(Cl)n1. The smallest absolute Gasteiger partial charge is 0.224 e. The summed E-state index contributed by atoms with van der Waals surface area (Å²) in [5, 5.41) is 0.337. The number of nitrogens with zero attached hydrogens (tertiary/aromatic N) is 4. The van der Waals surface area contributed by atoms with Crippen molar-refractivity contribution in [2.45, 2.75) is 31.7 Å². The fourth-order valence-corrected chi connectivity index (χ4v) is 2.64. The summed E-state index contributed by atoms with van der Waals surface area (Å²) in [6.07, 6.45) is 6.71. The van der Waals surface area contributed by atoms with Crippen molar-refractivity contribution < 1.29 is 0 Å². The molecule has 18 heavy (non-hydrogen) atoms. The van der Waals surface area contributed by atoms with Crippen LogP contribution in [0.25, 0.3) is 0 Å². The van der Waals surface area contributed by atoms with Crippen LogP contribution in [-0.2, 0) is 0 Å². The molecular formula is C13H21ClN4. The van der Waals surface area contributed by atoms with Gasteiger partial charge in [-0.2, -0.15) is 0 Å². The van der Waals surface area contributed by atoms with Gasteiger partial charge in [0.1, 0.15) is 5.82 Å². The Balaban J connectivity index is 2.07. The van der Waals surface area contributed by atoms with Crippen LogP contribution in [0.3, 0.4) is 0 Å². The molecule has 2 heterocycles. The molecule has 0 aliphatic carbocycles. The van der Waals surface area contributed by atoms with Crippen LogP contribution in [0, 0.1) is 0 Å². The molecular weight excluding hydrogens is 248 g/mol. The molecule has 1 aromatic heterocycles. The average Bonchev–Trinajstić information content (AvgIpc) is 2.36. The standard InChI is InChI=1S/C13H21ClN4/c1-17(2)10-7-11-5-3-4-9-18(11)12-6-8-15-13(14)16-12/h6,8,11H,3-5,7,9-10H2,1-2H3/t11-/m1/s1. The molecule has 1 aliphatic heterocycles. The van der Waals surface area contributed by atoms with Gasteiger partial charge in [-0.1, -0.05) is 0 Å². The minimum atomic E-state index is 0.337. The number of rotatable bonds is 4. The number of aromatic nitrogens is 2. The van der Waals surface area contributed by atoms with Crippen molar-refractivity contribution in [1.29, 1.82) is 0 Å². The minimum absolute atomic E-state index is 0.337. The fourth-order valence-electron chi connectivity index (χ4n) is 2.50. The highest BCUT2D eigenvalue weighted by atomic mass is 35.5. The second-order valence-corrected chi connectivity index (χ2v) is 5.46. The highest BCUT2D eigenvalue weighted by Crippen LogP contribution is 2.25. The van der Waals surface area contributed by atoms with Crippen LogP contribution in [0.15, 0.2) is 12.3 Å². The third-order valence-electron chi connectivity index (χ3n) is 3.44. The van der Waals surface area contributed by atoms with Crippen molar-refractivity contribution in [2.24, 2.45) is 0 Å². The summed E-state index contributed by atoms with van der Waals surface area (Å²) in [5.74, 6) is 0.971. The van der Waals surface area contributed by atoms with E-state index in [0.29, 0.717) is 11.3 Å².